The number of esters is 1. The first-order valence-corrected chi connectivity index (χ1v) is 12.2. The molecule has 0 saturated heterocycles. The van der Waals surface area contributed by atoms with E-state index < -0.39 is 0 Å². The van der Waals surface area contributed by atoms with Crippen molar-refractivity contribution in [1.82, 2.24) is 9.55 Å². The van der Waals surface area contributed by atoms with Crippen LogP contribution in [0.3, 0.4) is 0 Å². The number of hydrogen-bond acceptors (Lipinski definition) is 5. The Hall–Kier alpha value is -3.02. The molecule has 0 spiro atoms. The van der Waals surface area contributed by atoms with Crippen LogP contribution in [0, 0.1) is 11.3 Å². The highest BCUT2D eigenvalue weighted by Crippen LogP contribution is 2.47. The lowest BCUT2D eigenvalue weighted by atomic mass is 9.70. The van der Waals surface area contributed by atoms with Crippen molar-refractivity contribution in [3.63, 3.8) is 0 Å². The number of carbonyl (C=O) groups excluding carboxylic acids is 1. The summed E-state index contributed by atoms with van der Waals surface area (Å²) in [4.78, 5) is 16.6. The number of anilines is 2. The summed E-state index contributed by atoms with van der Waals surface area (Å²) in [6.45, 7) is 12.8. The minimum atomic E-state index is -0.386. The van der Waals surface area contributed by atoms with E-state index in [1.165, 1.54) is 18.9 Å². The molecule has 4 rings (SSSR count). The van der Waals surface area contributed by atoms with Crippen molar-refractivity contribution >= 4 is 28.6 Å². The van der Waals surface area contributed by atoms with E-state index in [-0.39, 0.29) is 11.4 Å². The fourth-order valence-corrected chi connectivity index (χ4v) is 5.53. The molecule has 1 saturated carbocycles. The zero-order valence-electron chi connectivity index (χ0n) is 21.4. The molecule has 1 aliphatic carbocycles. The lowest BCUT2D eigenvalue weighted by molar-refractivity contribution is -0.132. The number of hydrogen-bond donors (Lipinski definition) is 1. The van der Waals surface area contributed by atoms with Crippen LogP contribution in [0.1, 0.15) is 78.3 Å². The highest BCUT2D eigenvalue weighted by atomic mass is 16.6. The summed E-state index contributed by atoms with van der Waals surface area (Å²) in [6.07, 6.45) is 3.37. The monoisotopic (exact) mass is 463 g/mol. The van der Waals surface area contributed by atoms with Crippen LogP contribution in [-0.4, -0.2) is 22.6 Å². The van der Waals surface area contributed by atoms with Gasteiger partial charge in [0.05, 0.1) is 18.1 Å². The molecular weight excluding hydrogens is 426 g/mol. The second-order valence-corrected chi connectivity index (χ2v) is 10.9. The number of methoxy groups -OCH3 is 1. The van der Waals surface area contributed by atoms with Gasteiger partial charge < -0.3 is 19.4 Å². The van der Waals surface area contributed by atoms with Crippen LogP contribution >= 0.6 is 0 Å². The standard InChI is InChI=1S/C28H37N3O3/c1-17(2)20-8-10-21(11-9-20)29-27-30-23-13-26(34-19(4)32)25(33-7)14-24(23)31(27)22-12-18(3)15-28(5,6)16-22/h8-11,13-14,17-18,22H,12,15-16H2,1-7H3,(H,29,30)/t18-,22+/m0/s1. The largest absolute Gasteiger partial charge is 0.493 e. The Morgan fingerprint density at radius 3 is 2.44 bits per heavy atom. The van der Waals surface area contributed by atoms with E-state index in [4.69, 9.17) is 14.5 Å². The average Bonchev–Trinajstić information content (AvgIpc) is 3.08. The number of ether oxygens (including phenoxy) is 2. The molecule has 1 heterocycles. The minimum absolute atomic E-state index is 0.247. The van der Waals surface area contributed by atoms with Crippen molar-refractivity contribution in [3.8, 4) is 11.5 Å². The predicted octanol–water partition coefficient (Wildman–Crippen LogP) is 7.22. The van der Waals surface area contributed by atoms with E-state index in [1.54, 1.807) is 13.2 Å². The van der Waals surface area contributed by atoms with Crippen LogP contribution in [0.25, 0.3) is 11.0 Å². The van der Waals surface area contributed by atoms with Crippen LogP contribution in [0.5, 0.6) is 11.5 Å². The van der Waals surface area contributed by atoms with E-state index in [2.05, 4.69) is 68.8 Å². The molecule has 0 bridgehead atoms. The molecule has 6 nitrogen and oxygen atoms in total. The summed E-state index contributed by atoms with van der Waals surface area (Å²) in [6, 6.07) is 12.6. The number of nitrogens with zero attached hydrogens (tertiary/aromatic N) is 2. The Bertz CT molecular complexity index is 1180. The van der Waals surface area contributed by atoms with E-state index in [9.17, 15) is 4.79 Å². The number of carbonyl (C=O) groups is 1. The molecule has 182 valence electrons. The van der Waals surface area contributed by atoms with Crippen LogP contribution in [-0.2, 0) is 4.79 Å². The summed E-state index contributed by atoms with van der Waals surface area (Å²) >= 11 is 0. The molecule has 1 fully saturated rings. The van der Waals surface area contributed by atoms with Gasteiger partial charge in [0.2, 0.25) is 5.95 Å². The third-order valence-corrected chi connectivity index (χ3v) is 6.79. The van der Waals surface area contributed by atoms with Crippen molar-refractivity contribution in [3.05, 3.63) is 42.0 Å². The molecular formula is C28H37N3O3. The lowest BCUT2D eigenvalue weighted by Crippen LogP contribution is -2.29. The van der Waals surface area contributed by atoms with Gasteiger partial charge in [0.15, 0.2) is 11.5 Å². The Balaban J connectivity index is 1.83. The van der Waals surface area contributed by atoms with Crippen LogP contribution in [0.4, 0.5) is 11.6 Å². The fourth-order valence-electron chi connectivity index (χ4n) is 5.53. The maximum Gasteiger partial charge on any atom is 0.308 e. The number of fused-ring (bicyclic) bond motifs is 1. The lowest BCUT2D eigenvalue weighted by Gasteiger charge is -2.40. The first-order valence-electron chi connectivity index (χ1n) is 12.2. The van der Waals surface area contributed by atoms with Crippen LogP contribution in [0.2, 0.25) is 0 Å². The molecule has 2 atom stereocenters. The van der Waals surface area contributed by atoms with Gasteiger partial charge in [0, 0.05) is 30.8 Å². The molecule has 0 amide bonds. The van der Waals surface area contributed by atoms with E-state index in [0.29, 0.717) is 29.4 Å². The zero-order chi connectivity index (χ0) is 24.6. The molecule has 0 unspecified atom stereocenters. The highest BCUT2D eigenvalue weighted by Gasteiger charge is 2.35. The first-order chi connectivity index (χ1) is 16.1. The second-order valence-electron chi connectivity index (χ2n) is 10.9. The van der Waals surface area contributed by atoms with Crippen molar-refractivity contribution < 1.29 is 14.3 Å². The number of imidazole rings is 1. The summed E-state index contributed by atoms with van der Waals surface area (Å²) < 4.78 is 13.3. The maximum atomic E-state index is 11.6. The SMILES string of the molecule is COc1cc2c(cc1OC(C)=O)nc(Nc1ccc(C(C)C)cc1)n2[C@@H]1C[C@H](C)CC(C)(C)C1. The first kappa shape index (κ1) is 24.1. The van der Waals surface area contributed by atoms with Gasteiger partial charge in [-0.1, -0.05) is 46.8 Å². The Labute approximate surface area is 202 Å². The molecule has 1 aliphatic rings. The number of aromatic nitrogens is 2. The molecule has 2 aromatic carbocycles. The average molecular weight is 464 g/mol. The van der Waals surface area contributed by atoms with Gasteiger partial charge in [-0.2, -0.15) is 0 Å². The zero-order valence-corrected chi connectivity index (χ0v) is 21.4. The fraction of sp³-hybridized carbons (Fsp3) is 0.500. The topological polar surface area (TPSA) is 65.4 Å². The molecule has 6 heteroatoms. The predicted molar refractivity (Wildman–Crippen MR) is 137 cm³/mol. The van der Waals surface area contributed by atoms with Crippen molar-refractivity contribution in [1.29, 1.82) is 0 Å². The van der Waals surface area contributed by atoms with Gasteiger partial charge in [-0.15, -0.1) is 0 Å². The summed E-state index contributed by atoms with van der Waals surface area (Å²) in [5.74, 6) is 2.42. The van der Waals surface area contributed by atoms with Gasteiger partial charge >= 0.3 is 5.97 Å². The van der Waals surface area contributed by atoms with E-state index >= 15 is 0 Å². The minimum Gasteiger partial charge on any atom is -0.493 e. The maximum absolute atomic E-state index is 11.6. The Morgan fingerprint density at radius 2 is 1.85 bits per heavy atom. The molecule has 1 N–H and O–H groups in total. The molecule has 0 radical (unpaired) electrons. The van der Waals surface area contributed by atoms with Crippen LogP contribution in [0.15, 0.2) is 36.4 Å². The molecule has 34 heavy (non-hydrogen) atoms. The number of rotatable bonds is 6. The van der Waals surface area contributed by atoms with Gasteiger partial charge in [-0.05, 0) is 54.2 Å². The normalized spacial score (nSPS) is 19.9. The molecule has 0 aliphatic heterocycles. The third-order valence-electron chi connectivity index (χ3n) is 6.79. The number of benzene rings is 2. The smallest absolute Gasteiger partial charge is 0.308 e. The highest BCUT2D eigenvalue weighted by molar-refractivity contribution is 5.85. The van der Waals surface area contributed by atoms with E-state index in [0.717, 1.165) is 35.5 Å². The van der Waals surface area contributed by atoms with Gasteiger partial charge in [-0.25, -0.2) is 4.98 Å². The van der Waals surface area contributed by atoms with Crippen LogP contribution < -0.4 is 14.8 Å². The molecule has 3 aromatic rings. The summed E-state index contributed by atoms with van der Waals surface area (Å²) in [5.41, 5.74) is 4.30. The van der Waals surface area contributed by atoms with Crippen molar-refractivity contribution in [2.75, 3.05) is 12.4 Å². The van der Waals surface area contributed by atoms with Crippen molar-refractivity contribution in [2.24, 2.45) is 11.3 Å². The summed E-state index contributed by atoms with van der Waals surface area (Å²) in [7, 11) is 1.59. The summed E-state index contributed by atoms with van der Waals surface area (Å²) in [5, 5.41) is 3.57. The quantitative estimate of drug-likeness (QED) is 0.309. The van der Waals surface area contributed by atoms with Gasteiger partial charge in [-0.3, -0.25) is 4.79 Å². The number of nitrogens with one attached hydrogen (secondary N) is 1. The second kappa shape index (κ2) is 9.32. The Kier molecular flexibility index (Phi) is 6.61. The van der Waals surface area contributed by atoms with E-state index in [1.807, 2.05) is 6.07 Å². The van der Waals surface area contributed by atoms with Gasteiger partial charge in [0.1, 0.15) is 0 Å². The van der Waals surface area contributed by atoms with Crippen molar-refractivity contribution in [2.45, 2.75) is 72.8 Å². The molecule has 1 aromatic heterocycles. The van der Waals surface area contributed by atoms with Gasteiger partial charge in [0.25, 0.3) is 0 Å². The third kappa shape index (κ3) is 5.06. The Morgan fingerprint density at radius 1 is 1.15 bits per heavy atom.